The van der Waals surface area contributed by atoms with Crippen molar-refractivity contribution >= 4 is 0 Å². The Kier molecular flexibility index (Phi) is 12.1. The Morgan fingerprint density at radius 3 is 2.28 bits per heavy atom. The number of hydrogen-bond donors (Lipinski definition) is 0. The van der Waals surface area contributed by atoms with Crippen LogP contribution >= 0.6 is 0 Å². The highest BCUT2D eigenvalue weighted by molar-refractivity contribution is 5.40. The number of hydrogen-bond acceptors (Lipinski definition) is 3. The molecule has 0 spiro atoms. The molecule has 2 unspecified atom stereocenters. The molecule has 0 aliphatic carbocycles. The highest BCUT2D eigenvalue weighted by Crippen LogP contribution is 2.28. The zero-order valence-electron chi connectivity index (χ0n) is 18.9. The molecule has 1 aliphatic rings. The van der Waals surface area contributed by atoms with Gasteiger partial charge in [-0.2, -0.15) is 0 Å². The topological polar surface area (TPSA) is 27.7 Å². The van der Waals surface area contributed by atoms with E-state index in [2.05, 4.69) is 13.8 Å². The van der Waals surface area contributed by atoms with Gasteiger partial charge < -0.3 is 14.2 Å². The minimum Gasteiger partial charge on any atom is -0.498 e. The van der Waals surface area contributed by atoms with Crippen molar-refractivity contribution in [3.8, 4) is 0 Å². The van der Waals surface area contributed by atoms with E-state index in [4.69, 9.17) is 14.2 Å². The van der Waals surface area contributed by atoms with Crippen LogP contribution in [0.25, 0.3) is 0 Å². The minimum absolute atomic E-state index is 0.0619. The van der Waals surface area contributed by atoms with Gasteiger partial charge in [-0.25, -0.2) is 8.78 Å². The second kappa shape index (κ2) is 13.7. The maximum Gasteiger partial charge on any atom is 0.196 e. The lowest BCUT2D eigenvalue weighted by atomic mass is 9.97. The Hall–Kier alpha value is -1.46. The van der Waals surface area contributed by atoms with E-state index in [0.717, 1.165) is 31.4 Å². The van der Waals surface area contributed by atoms with Crippen LogP contribution in [0, 0.1) is 5.92 Å². The van der Waals surface area contributed by atoms with Gasteiger partial charge in [-0.3, -0.25) is 0 Å². The number of ether oxygens (including phenoxy) is 3. The minimum atomic E-state index is -0.948. The van der Waals surface area contributed by atoms with E-state index in [1.54, 1.807) is 13.8 Å². The smallest absolute Gasteiger partial charge is 0.196 e. The Morgan fingerprint density at radius 2 is 1.76 bits per heavy atom. The third kappa shape index (κ3) is 8.43. The molecule has 166 valence electrons. The summed E-state index contributed by atoms with van der Waals surface area (Å²) in [4.78, 5) is 0. The molecule has 0 aromatic heterocycles. The fourth-order valence-corrected chi connectivity index (χ4v) is 3.34. The summed E-state index contributed by atoms with van der Waals surface area (Å²) < 4.78 is 45.2. The first kappa shape index (κ1) is 25.6. The second-order valence-corrected chi connectivity index (χ2v) is 7.55. The molecule has 1 saturated heterocycles. The highest BCUT2D eigenvalue weighted by atomic mass is 19.2. The van der Waals surface area contributed by atoms with Gasteiger partial charge in [0, 0.05) is 0 Å². The summed E-state index contributed by atoms with van der Waals surface area (Å²) in [6, 6.07) is 0. The quantitative estimate of drug-likeness (QED) is 0.263. The van der Waals surface area contributed by atoms with E-state index in [-0.39, 0.29) is 12.0 Å². The van der Waals surface area contributed by atoms with E-state index in [9.17, 15) is 8.78 Å². The lowest BCUT2D eigenvalue weighted by Crippen LogP contribution is -2.28. The molecule has 3 nitrogen and oxygen atoms in total. The van der Waals surface area contributed by atoms with Gasteiger partial charge in [0.25, 0.3) is 0 Å². The molecule has 2 atom stereocenters. The van der Waals surface area contributed by atoms with E-state index in [1.165, 1.54) is 26.9 Å². The SMILES string of the molecule is CCCC1CCC(OC/C(=C/C=C(C)/C(CC)=C(F)/C(F)=C(\C)OC)CC)OC1. The molecule has 0 aromatic carbocycles. The molecule has 5 heteroatoms. The summed E-state index contributed by atoms with van der Waals surface area (Å²) in [6.45, 7) is 10.5. The third-order valence-electron chi connectivity index (χ3n) is 5.41. The van der Waals surface area contributed by atoms with E-state index in [1.807, 2.05) is 12.2 Å². The van der Waals surface area contributed by atoms with Gasteiger partial charge in [0.15, 0.2) is 17.9 Å². The molecule has 0 radical (unpaired) electrons. The Labute approximate surface area is 175 Å². The van der Waals surface area contributed by atoms with Crippen molar-refractivity contribution in [2.24, 2.45) is 5.92 Å². The zero-order valence-corrected chi connectivity index (χ0v) is 18.9. The van der Waals surface area contributed by atoms with Crippen molar-refractivity contribution in [2.75, 3.05) is 20.3 Å². The maximum absolute atomic E-state index is 14.5. The predicted molar refractivity (Wildman–Crippen MR) is 115 cm³/mol. The van der Waals surface area contributed by atoms with Gasteiger partial charge >= 0.3 is 0 Å². The van der Waals surface area contributed by atoms with Crippen LogP contribution in [0.5, 0.6) is 0 Å². The number of methoxy groups -OCH3 is 1. The van der Waals surface area contributed by atoms with Crippen molar-refractivity contribution in [1.29, 1.82) is 0 Å². The van der Waals surface area contributed by atoms with Gasteiger partial charge in [-0.1, -0.05) is 39.3 Å². The van der Waals surface area contributed by atoms with Crippen LogP contribution < -0.4 is 0 Å². The largest absolute Gasteiger partial charge is 0.498 e. The van der Waals surface area contributed by atoms with E-state index >= 15 is 0 Å². The Bertz CT molecular complexity index is 624. The van der Waals surface area contributed by atoms with Crippen molar-refractivity contribution < 1.29 is 23.0 Å². The number of halogens is 2. The lowest BCUT2D eigenvalue weighted by molar-refractivity contribution is -0.171. The molecule has 0 N–H and O–H groups in total. The van der Waals surface area contributed by atoms with Crippen LogP contribution in [0.4, 0.5) is 8.78 Å². The molecule has 1 aliphatic heterocycles. The second-order valence-electron chi connectivity index (χ2n) is 7.55. The lowest BCUT2D eigenvalue weighted by Gasteiger charge is -2.29. The normalized spacial score (nSPS) is 22.9. The van der Waals surface area contributed by atoms with Crippen molar-refractivity contribution in [3.05, 3.63) is 46.3 Å². The van der Waals surface area contributed by atoms with Crippen molar-refractivity contribution in [2.45, 2.75) is 79.4 Å². The monoisotopic (exact) mass is 412 g/mol. The standard InChI is InChI=1S/C24H38F2O3/c1-7-10-20-13-14-22(29-16-20)28-15-19(8-2)12-11-17(4)21(9-3)24(26)23(25)18(5)27-6/h11-12,20,22H,7-10,13-16H2,1-6H3/b17-11+,19-12+,23-18-,24-21-. The fraction of sp³-hybridized carbons (Fsp3) is 0.667. The summed E-state index contributed by atoms with van der Waals surface area (Å²) in [5.41, 5.74) is 2.11. The molecule has 29 heavy (non-hydrogen) atoms. The van der Waals surface area contributed by atoms with Crippen LogP contribution in [0.1, 0.15) is 73.1 Å². The summed E-state index contributed by atoms with van der Waals surface area (Å²) in [5, 5.41) is 0. The molecule has 1 fully saturated rings. The highest BCUT2D eigenvalue weighted by Gasteiger charge is 2.21. The molecule has 0 amide bonds. The molecular weight excluding hydrogens is 374 g/mol. The number of rotatable bonds is 11. The van der Waals surface area contributed by atoms with Crippen LogP contribution in [0.3, 0.4) is 0 Å². The average Bonchev–Trinajstić information content (AvgIpc) is 2.74. The van der Waals surface area contributed by atoms with Crippen LogP contribution in [-0.4, -0.2) is 26.6 Å². The average molecular weight is 413 g/mol. The zero-order chi connectivity index (χ0) is 21.8. The Morgan fingerprint density at radius 1 is 1.03 bits per heavy atom. The predicted octanol–water partition coefficient (Wildman–Crippen LogP) is 7.32. The molecule has 0 saturated carbocycles. The summed E-state index contributed by atoms with van der Waals surface area (Å²) in [7, 11) is 1.33. The van der Waals surface area contributed by atoms with E-state index in [0.29, 0.717) is 30.1 Å². The van der Waals surface area contributed by atoms with Crippen molar-refractivity contribution in [1.82, 2.24) is 0 Å². The molecular formula is C24H38F2O3. The molecule has 1 rings (SSSR count). The van der Waals surface area contributed by atoms with Gasteiger partial charge in [-0.15, -0.1) is 0 Å². The number of allylic oxidation sites excluding steroid dienone is 7. The van der Waals surface area contributed by atoms with Crippen molar-refractivity contribution in [3.63, 3.8) is 0 Å². The van der Waals surface area contributed by atoms with Gasteiger partial charge in [0.05, 0.1) is 20.3 Å². The first-order valence-electron chi connectivity index (χ1n) is 10.8. The maximum atomic E-state index is 14.5. The molecule has 1 heterocycles. The Balaban J connectivity index is 2.76. The first-order valence-corrected chi connectivity index (χ1v) is 10.8. The van der Waals surface area contributed by atoms with E-state index < -0.39 is 11.7 Å². The van der Waals surface area contributed by atoms with Gasteiger partial charge in [0.1, 0.15) is 5.76 Å². The summed E-state index contributed by atoms with van der Waals surface area (Å²) in [6.07, 6.45) is 9.29. The molecule has 0 aromatic rings. The van der Waals surface area contributed by atoms with Crippen LogP contribution in [0.15, 0.2) is 46.3 Å². The first-order chi connectivity index (χ1) is 13.9. The third-order valence-corrected chi connectivity index (χ3v) is 5.41. The van der Waals surface area contributed by atoms with Crippen LogP contribution in [0.2, 0.25) is 0 Å². The van der Waals surface area contributed by atoms with Gasteiger partial charge in [-0.05, 0) is 68.6 Å². The summed E-state index contributed by atoms with van der Waals surface area (Å²) >= 11 is 0. The molecule has 0 bridgehead atoms. The summed E-state index contributed by atoms with van der Waals surface area (Å²) in [5.74, 6) is -1.22. The fourth-order valence-electron chi connectivity index (χ4n) is 3.34. The van der Waals surface area contributed by atoms with Crippen LogP contribution in [-0.2, 0) is 14.2 Å². The van der Waals surface area contributed by atoms with Gasteiger partial charge in [0.2, 0.25) is 0 Å².